The van der Waals surface area contributed by atoms with E-state index in [1.165, 1.54) is 37.9 Å². The zero-order valence-electron chi connectivity index (χ0n) is 15.4. The fourth-order valence-corrected chi connectivity index (χ4v) is 5.17. The van der Waals surface area contributed by atoms with E-state index in [1.54, 1.807) is 0 Å². The quantitative estimate of drug-likeness (QED) is 0.733. The Morgan fingerprint density at radius 1 is 1.22 bits per heavy atom. The predicted molar refractivity (Wildman–Crippen MR) is 101 cm³/mol. The van der Waals surface area contributed by atoms with Crippen LogP contribution in [-0.2, 0) is 4.79 Å². The van der Waals surface area contributed by atoms with Crippen LogP contribution >= 0.6 is 11.8 Å². The van der Waals surface area contributed by atoms with Gasteiger partial charge in [0.2, 0.25) is 5.91 Å². The van der Waals surface area contributed by atoms with E-state index in [0.29, 0.717) is 17.9 Å². The predicted octanol–water partition coefficient (Wildman–Crippen LogP) is 3.88. The van der Waals surface area contributed by atoms with Crippen molar-refractivity contribution in [2.75, 3.05) is 38.7 Å². The van der Waals surface area contributed by atoms with Gasteiger partial charge in [0.25, 0.3) is 0 Å². The second kappa shape index (κ2) is 9.93. The summed E-state index contributed by atoms with van der Waals surface area (Å²) in [5.74, 6) is 3.97. The third kappa shape index (κ3) is 5.97. The van der Waals surface area contributed by atoms with Gasteiger partial charge in [0.05, 0.1) is 6.04 Å². The highest BCUT2D eigenvalue weighted by atomic mass is 32.2. The molecule has 134 valence electrons. The van der Waals surface area contributed by atoms with E-state index in [2.05, 4.69) is 30.8 Å². The van der Waals surface area contributed by atoms with Crippen LogP contribution in [0.2, 0.25) is 0 Å². The number of hydrogen-bond donors (Lipinski definition) is 0. The molecule has 2 fully saturated rings. The van der Waals surface area contributed by atoms with Crippen LogP contribution in [-0.4, -0.2) is 60.4 Å². The van der Waals surface area contributed by atoms with E-state index in [-0.39, 0.29) is 0 Å². The van der Waals surface area contributed by atoms with Gasteiger partial charge in [-0.15, -0.1) is 0 Å². The van der Waals surface area contributed by atoms with Crippen molar-refractivity contribution < 1.29 is 4.79 Å². The number of unbranched alkanes of at least 4 members (excludes halogenated alkanes) is 1. The summed E-state index contributed by atoms with van der Waals surface area (Å²) in [4.78, 5) is 17.6. The van der Waals surface area contributed by atoms with Crippen molar-refractivity contribution >= 4 is 17.7 Å². The van der Waals surface area contributed by atoms with Crippen molar-refractivity contribution in [1.29, 1.82) is 0 Å². The SMILES string of the molecule is CCCCC1CCC(C(=O)N2CCCSCC2CN(C)C)CC1. The fraction of sp³-hybridized carbons (Fsp3) is 0.947. The van der Waals surface area contributed by atoms with Gasteiger partial charge in [-0.1, -0.05) is 26.2 Å². The smallest absolute Gasteiger partial charge is 0.226 e. The van der Waals surface area contributed by atoms with Crippen molar-refractivity contribution in [3.63, 3.8) is 0 Å². The van der Waals surface area contributed by atoms with Gasteiger partial charge >= 0.3 is 0 Å². The average Bonchev–Trinajstić information content (AvgIpc) is 2.77. The van der Waals surface area contributed by atoms with Crippen LogP contribution < -0.4 is 0 Å². The van der Waals surface area contributed by atoms with Gasteiger partial charge in [0.15, 0.2) is 0 Å². The molecule has 1 heterocycles. The molecule has 3 nitrogen and oxygen atoms in total. The van der Waals surface area contributed by atoms with Crippen LogP contribution in [0.1, 0.15) is 58.3 Å². The van der Waals surface area contributed by atoms with E-state index in [4.69, 9.17) is 0 Å². The lowest BCUT2D eigenvalue weighted by Crippen LogP contribution is -2.49. The summed E-state index contributed by atoms with van der Waals surface area (Å²) >= 11 is 2.02. The molecule has 2 aliphatic rings. The maximum absolute atomic E-state index is 13.1. The molecule has 23 heavy (non-hydrogen) atoms. The third-order valence-electron chi connectivity index (χ3n) is 5.46. The zero-order chi connectivity index (χ0) is 16.7. The molecule has 0 radical (unpaired) electrons. The first-order chi connectivity index (χ1) is 11.1. The lowest BCUT2D eigenvalue weighted by molar-refractivity contribution is -0.139. The van der Waals surface area contributed by atoms with E-state index in [9.17, 15) is 4.79 Å². The van der Waals surface area contributed by atoms with E-state index >= 15 is 0 Å². The highest BCUT2D eigenvalue weighted by Crippen LogP contribution is 2.33. The Bertz CT molecular complexity index is 353. The number of rotatable bonds is 6. The van der Waals surface area contributed by atoms with Crippen molar-refractivity contribution in [2.24, 2.45) is 11.8 Å². The monoisotopic (exact) mass is 340 g/mol. The average molecular weight is 341 g/mol. The summed E-state index contributed by atoms with van der Waals surface area (Å²) in [5.41, 5.74) is 0. The zero-order valence-corrected chi connectivity index (χ0v) is 16.2. The molecule has 0 aromatic heterocycles. The molecule has 1 unspecified atom stereocenters. The molecule has 4 heteroatoms. The van der Waals surface area contributed by atoms with Crippen LogP contribution in [0.3, 0.4) is 0 Å². The first-order valence-electron chi connectivity index (χ1n) is 9.64. The summed E-state index contributed by atoms with van der Waals surface area (Å²) in [6, 6.07) is 0.405. The molecule has 0 aromatic rings. The topological polar surface area (TPSA) is 23.6 Å². The molecule has 1 saturated heterocycles. The minimum atomic E-state index is 0.306. The molecular formula is C19H36N2OS. The number of amides is 1. The molecule has 0 aromatic carbocycles. The number of hydrogen-bond acceptors (Lipinski definition) is 3. The van der Waals surface area contributed by atoms with E-state index in [0.717, 1.165) is 44.0 Å². The minimum Gasteiger partial charge on any atom is -0.337 e. The van der Waals surface area contributed by atoms with E-state index in [1.807, 2.05) is 11.8 Å². The number of carbonyl (C=O) groups is 1. The molecular weight excluding hydrogens is 304 g/mol. The lowest BCUT2D eigenvalue weighted by Gasteiger charge is -2.36. The third-order valence-corrected chi connectivity index (χ3v) is 6.66. The van der Waals surface area contributed by atoms with Crippen LogP contribution in [0.5, 0.6) is 0 Å². The van der Waals surface area contributed by atoms with Gasteiger partial charge in [-0.05, 0) is 57.9 Å². The summed E-state index contributed by atoms with van der Waals surface area (Å²) < 4.78 is 0. The van der Waals surface area contributed by atoms with E-state index < -0.39 is 0 Å². The molecule has 1 atom stereocenters. The van der Waals surface area contributed by atoms with Crippen LogP contribution in [0.4, 0.5) is 0 Å². The number of carbonyl (C=O) groups excluding carboxylic acids is 1. The van der Waals surface area contributed by atoms with Crippen LogP contribution in [0.25, 0.3) is 0 Å². The molecule has 1 saturated carbocycles. The Kier molecular flexibility index (Phi) is 8.25. The number of likely N-dealkylation sites (N-methyl/N-ethyl adjacent to an activating group) is 1. The highest BCUT2D eigenvalue weighted by Gasteiger charge is 2.33. The van der Waals surface area contributed by atoms with Crippen molar-refractivity contribution in [2.45, 2.75) is 64.3 Å². The maximum atomic E-state index is 13.1. The number of thioether (sulfide) groups is 1. The first kappa shape index (κ1) is 19.1. The molecule has 1 aliphatic heterocycles. The van der Waals surface area contributed by atoms with Gasteiger partial charge in [0, 0.05) is 24.8 Å². The standard InChI is InChI=1S/C19H36N2OS/c1-4-5-7-16-8-10-17(11-9-16)19(22)21-12-6-13-23-15-18(21)14-20(2)3/h16-18H,4-15H2,1-3H3. The molecule has 0 spiro atoms. The molecule has 1 aliphatic carbocycles. The van der Waals surface area contributed by atoms with Gasteiger partial charge in [-0.2, -0.15) is 11.8 Å². The van der Waals surface area contributed by atoms with Gasteiger partial charge in [-0.3, -0.25) is 4.79 Å². The lowest BCUT2D eigenvalue weighted by atomic mass is 9.79. The van der Waals surface area contributed by atoms with Crippen molar-refractivity contribution in [3.8, 4) is 0 Å². The van der Waals surface area contributed by atoms with Crippen molar-refractivity contribution in [1.82, 2.24) is 9.80 Å². The summed E-state index contributed by atoms with van der Waals surface area (Å²) in [6.45, 7) is 4.25. The van der Waals surface area contributed by atoms with Gasteiger partial charge in [0.1, 0.15) is 0 Å². The Balaban J connectivity index is 1.89. The number of nitrogens with zero attached hydrogens (tertiary/aromatic N) is 2. The first-order valence-corrected chi connectivity index (χ1v) is 10.8. The van der Waals surface area contributed by atoms with Gasteiger partial charge < -0.3 is 9.80 Å². The summed E-state index contributed by atoms with van der Waals surface area (Å²) in [7, 11) is 4.24. The Morgan fingerprint density at radius 3 is 2.61 bits per heavy atom. The second-order valence-electron chi connectivity index (χ2n) is 7.74. The molecule has 0 N–H and O–H groups in total. The van der Waals surface area contributed by atoms with Crippen molar-refractivity contribution in [3.05, 3.63) is 0 Å². The summed E-state index contributed by atoms with van der Waals surface area (Å²) in [6.07, 6.45) is 10.0. The Hall–Kier alpha value is -0.220. The summed E-state index contributed by atoms with van der Waals surface area (Å²) in [5, 5.41) is 0. The van der Waals surface area contributed by atoms with Gasteiger partial charge in [-0.25, -0.2) is 0 Å². The minimum absolute atomic E-state index is 0.306. The maximum Gasteiger partial charge on any atom is 0.226 e. The highest BCUT2D eigenvalue weighted by molar-refractivity contribution is 7.99. The Morgan fingerprint density at radius 2 is 1.96 bits per heavy atom. The van der Waals surface area contributed by atoms with Crippen LogP contribution in [0, 0.1) is 11.8 Å². The normalized spacial score (nSPS) is 29.6. The fourth-order valence-electron chi connectivity index (χ4n) is 4.12. The molecule has 1 amide bonds. The Labute approximate surface area is 147 Å². The van der Waals surface area contributed by atoms with Crippen LogP contribution in [0.15, 0.2) is 0 Å². The second-order valence-corrected chi connectivity index (χ2v) is 8.89. The largest absolute Gasteiger partial charge is 0.337 e. The molecule has 0 bridgehead atoms. The molecule has 2 rings (SSSR count).